The number of carbonyl (C=O) groups excluding carboxylic acids is 1. The first-order chi connectivity index (χ1) is 14.0. The van der Waals surface area contributed by atoms with Crippen molar-refractivity contribution in [2.45, 2.75) is 20.5 Å². The van der Waals surface area contributed by atoms with Crippen molar-refractivity contribution < 1.29 is 34.7 Å². The van der Waals surface area contributed by atoms with Crippen LogP contribution >= 0.6 is 0 Å². The molecule has 0 aliphatic carbocycles. The van der Waals surface area contributed by atoms with Crippen molar-refractivity contribution in [3.05, 3.63) is 84.1 Å². The summed E-state index contributed by atoms with van der Waals surface area (Å²) >= 11 is 0. The van der Waals surface area contributed by atoms with E-state index in [-0.39, 0.29) is 31.6 Å². The summed E-state index contributed by atoms with van der Waals surface area (Å²) in [6.45, 7) is 3.42. The van der Waals surface area contributed by atoms with Gasteiger partial charge in [-0.05, 0) is 26.0 Å². The Balaban J connectivity index is 0.000000281. The Kier molecular flexibility index (Phi) is 6.66. The third kappa shape index (κ3) is 4.43. The van der Waals surface area contributed by atoms with Gasteiger partial charge in [0.05, 0.1) is 17.9 Å². The molecule has 1 aliphatic rings. The van der Waals surface area contributed by atoms with Crippen LogP contribution in [0.3, 0.4) is 0 Å². The molecule has 1 N–H and O–H groups in total. The van der Waals surface area contributed by atoms with Gasteiger partial charge in [0.1, 0.15) is 5.75 Å². The normalized spacial score (nSPS) is 12.0. The number of para-hydroxylation sites is 1. The number of ketones is 1. The van der Waals surface area contributed by atoms with Crippen molar-refractivity contribution in [1.82, 2.24) is 4.98 Å². The zero-order valence-electron chi connectivity index (χ0n) is 16.6. The second-order valence-electron chi connectivity index (χ2n) is 6.94. The Morgan fingerprint density at radius 1 is 1.10 bits per heavy atom. The van der Waals surface area contributed by atoms with Crippen LogP contribution in [0.5, 0.6) is 5.75 Å². The Morgan fingerprint density at radius 3 is 2.50 bits per heavy atom. The maximum Gasteiger partial charge on any atom is 0.155 e. The molecule has 0 saturated carbocycles. The van der Waals surface area contributed by atoms with Gasteiger partial charge in [0.25, 0.3) is 0 Å². The van der Waals surface area contributed by atoms with Gasteiger partial charge in [-0.15, -0.1) is 17.7 Å². The first-order valence-corrected chi connectivity index (χ1v) is 9.36. The maximum atomic E-state index is 10.0. The van der Waals surface area contributed by atoms with Gasteiger partial charge in [0.2, 0.25) is 0 Å². The summed E-state index contributed by atoms with van der Waals surface area (Å²) in [5.74, 6) is 0.783. The first-order valence-electron chi connectivity index (χ1n) is 9.36. The Hall–Kier alpha value is -3.01. The summed E-state index contributed by atoms with van der Waals surface area (Å²) < 4.78 is 5.98. The van der Waals surface area contributed by atoms with E-state index < -0.39 is 0 Å². The van der Waals surface area contributed by atoms with Crippen molar-refractivity contribution in [3.63, 3.8) is 0 Å². The average molecular weight is 575 g/mol. The number of hydrogen-bond acceptors (Lipinski definition) is 4. The molecule has 0 fully saturated rings. The molecule has 30 heavy (non-hydrogen) atoms. The number of ether oxygens (including phenoxy) is 1. The number of fused-ring (bicyclic) bond motifs is 6. The van der Waals surface area contributed by atoms with E-state index in [1.165, 1.54) is 36.3 Å². The number of carbonyl (C=O) groups is 1. The van der Waals surface area contributed by atoms with Crippen LogP contribution in [-0.4, -0.2) is 15.9 Å². The molecule has 5 rings (SSSR count). The number of aliphatic hydroxyl groups is 1. The second kappa shape index (κ2) is 9.21. The largest absolute Gasteiger partial charge is 0.512 e. The Labute approximate surface area is 188 Å². The van der Waals surface area contributed by atoms with E-state index in [1.54, 1.807) is 0 Å². The molecule has 0 amide bonds. The predicted molar refractivity (Wildman–Crippen MR) is 115 cm³/mol. The van der Waals surface area contributed by atoms with E-state index >= 15 is 0 Å². The summed E-state index contributed by atoms with van der Waals surface area (Å²) in [7, 11) is 0. The predicted octanol–water partition coefficient (Wildman–Crippen LogP) is 5.78. The number of allylic oxidation sites excluding steroid dienone is 2. The number of hydrogen-bond donors (Lipinski definition) is 1. The first kappa shape index (κ1) is 21.7. The van der Waals surface area contributed by atoms with Crippen molar-refractivity contribution in [3.8, 4) is 17.0 Å². The van der Waals surface area contributed by atoms with E-state index in [1.807, 2.05) is 30.3 Å². The van der Waals surface area contributed by atoms with Gasteiger partial charge in [0.15, 0.2) is 5.78 Å². The number of aromatic nitrogens is 1. The molecule has 153 valence electrons. The van der Waals surface area contributed by atoms with Crippen molar-refractivity contribution in [2.24, 2.45) is 0 Å². The van der Waals surface area contributed by atoms with Gasteiger partial charge in [0, 0.05) is 37.3 Å². The van der Waals surface area contributed by atoms with Gasteiger partial charge in [-0.1, -0.05) is 58.8 Å². The van der Waals surface area contributed by atoms with Crippen LogP contribution in [0.4, 0.5) is 0 Å². The average Bonchev–Trinajstić information content (AvgIpc) is 2.71. The minimum absolute atomic E-state index is 0. The van der Waals surface area contributed by atoms with E-state index in [0.29, 0.717) is 6.61 Å². The van der Waals surface area contributed by atoms with Crippen molar-refractivity contribution >= 4 is 27.5 Å². The molecule has 0 spiro atoms. The smallest absolute Gasteiger partial charge is 0.155 e. The van der Waals surface area contributed by atoms with Crippen LogP contribution in [0.2, 0.25) is 0 Å². The van der Waals surface area contributed by atoms with Crippen LogP contribution < -0.4 is 4.74 Å². The van der Waals surface area contributed by atoms with E-state index in [2.05, 4.69) is 36.4 Å². The number of pyridine rings is 1. The summed E-state index contributed by atoms with van der Waals surface area (Å²) in [6.07, 6.45) is 1.17. The van der Waals surface area contributed by atoms with E-state index in [0.717, 1.165) is 27.9 Å². The molecular weight excluding hydrogens is 554 g/mol. The molecular formula is C25H20IrNO3-. The van der Waals surface area contributed by atoms with Crippen LogP contribution in [0, 0.1) is 6.07 Å². The quantitative estimate of drug-likeness (QED) is 0.178. The topological polar surface area (TPSA) is 59.4 Å². The van der Waals surface area contributed by atoms with Gasteiger partial charge in [-0.2, -0.15) is 0 Å². The van der Waals surface area contributed by atoms with Gasteiger partial charge < -0.3 is 9.84 Å². The summed E-state index contributed by atoms with van der Waals surface area (Å²) in [4.78, 5) is 14.8. The van der Waals surface area contributed by atoms with Crippen LogP contribution in [0.15, 0.2) is 72.5 Å². The fraction of sp³-hybridized carbons (Fsp3) is 0.120. The van der Waals surface area contributed by atoms with Crippen molar-refractivity contribution in [2.75, 3.05) is 0 Å². The Bertz CT molecular complexity index is 1250. The molecule has 1 aliphatic heterocycles. The van der Waals surface area contributed by atoms with Gasteiger partial charge in [-0.3, -0.25) is 9.78 Å². The third-order valence-electron chi connectivity index (χ3n) is 4.67. The van der Waals surface area contributed by atoms with Crippen LogP contribution in [0.25, 0.3) is 32.9 Å². The minimum Gasteiger partial charge on any atom is -0.512 e. The Morgan fingerprint density at radius 2 is 1.80 bits per heavy atom. The molecule has 2 heterocycles. The molecule has 1 radical (unpaired) electrons. The molecule has 1 aromatic heterocycles. The molecule has 4 nitrogen and oxygen atoms in total. The third-order valence-corrected chi connectivity index (χ3v) is 4.67. The molecule has 5 heteroatoms. The maximum absolute atomic E-state index is 10.0. The molecule has 0 bridgehead atoms. The summed E-state index contributed by atoms with van der Waals surface area (Å²) in [6, 6.07) is 24.0. The van der Waals surface area contributed by atoms with E-state index in [4.69, 9.17) is 14.8 Å². The molecule has 0 atom stereocenters. The molecule has 4 aromatic rings. The zero-order chi connectivity index (χ0) is 20.4. The van der Waals surface area contributed by atoms with Gasteiger partial charge >= 0.3 is 0 Å². The SMILES string of the molecule is CC(=O)/C=C(/C)O.[Ir].[c-]1cc2ccccc2c2c1-c1nc3ccccc3cc1OC2. The number of nitrogens with zero attached hydrogens (tertiary/aromatic N) is 1. The molecule has 3 aromatic carbocycles. The minimum atomic E-state index is -0.125. The molecule has 0 unspecified atom stereocenters. The number of aliphatic hydroxyl groups excluding tert-OH is 1. The fourth-order valence-electron chi connectivity index (χ4n) is 3.46. The summed E-state index contributed by atoms with van der Waals surface area (Å²) in [5.41, 5.74) is 4.11. The van der Waals surface area contributed by atoms with Crippen LogP contribution in [0.1, 0.15) is 19.4 Å². The fourth-order valence-corrected chi connectivity index (χ4v) is 3.46. The zero-order valence-corrected chi connectivity index (χ0v) is 19.0. The standard InChI is InChI=1S/C20H12NO.C5H8O2.Ir/c1-3-7-15-13(5-1)9-10-16-17(15)12-22-19-11-14-6-2-4-8-18(14)21-20(16)19;1-4(6)3-5(2)7;/h1-9,11H,12H2;3,6H,1-2H3;/q-1;;/b;4-3-;. The van der Waals surface area contributed by atoms with Crippen LogP contribution in [-0.2, 0) is 31.5 Å². The monoisotopic (exact) mass is 575 g/mol. The number of rotatable bonds is 1. The van der Waals surface area contributed by atoms with Crippen molar-refractivity contribution in [1.29, 1.82) is 0 Å². The van der Waals surface area contributed by atoms with Gasteiger partial charge in [-0.25, -0.2) is 0 Å². The second-order valence-corrected chi connectivity index (χ2v) is 6.94. The number of benzene rings is 3. The molecule has 0 saturated heterocycles. The van der Waals surface area contributed by atoms with E-state index in [9.17, 15) is 4.79 Å². The summed E-state index contributed by atoms with van der Waals surface area (Å²) in [5, 5.41) is 11.9.